The van der Waals surface area contributed by atoms with Crippen molar-refractivity contribution in [2.45, 2.75) is 25.7 Å². The molecule has 0 unspecified atom stereocenters. The summed E-state index contributed by atoms with van der Waals surface area (Å²) in [5.74, 6) is 0. The van der Waals surface area contributed by atoms with Crippen LogP contribution in [0.15, 0.2) is 0 Å². The van der Waals surface area contributed by atoms with Crippen LogP contribution in [0, 0.1) is 5.41 Å². The van der Waals surface area contributed by atoms with E-state index in [4.69, 9.17) is 20.9 Å². The minimum Gasteiger partial charge on any atom is -0.330 e. The quantitative estimate of drug-likeness (QED) is 0.274. The molecule has 0 aliphatic rings. The molecule has 14 heavy (non-hydrogen) atoms. The highest BCUT2D eigenvalue weighted by molar-refractivity contribution is 7.46. The number of hydrogen-bond donors (Lipinski definition) is 4. The number of phosphoric acid groups is 1. The molecule has 0 aliphatic carbocycles. The van der Waals surface area contributed by atoms with Gasteiger partial charge in [-0.2, -0.15) is 0 Å². The molecule has 0 saturated heterocycles. The number of rotatable bonds is 8. The van der Waals surface area contributed by atoms with Crippen LogP contribution in [0.3, 0.4) is 0 Å². The highest BCUT2D eigenvalue weighted by Gasteiger charge is 2.12. The van der Waals surface area contributed by atoms with Crippen LogP contribution < -0.4 is 5.73 Å². The van der Waals surface area contributed by atoms with E-state index in [1.54, 1.807) is 0 Å². The molecule has 0 radical (unpaired) electrons. The van der Waals surface area contributed by atoms with Crippen molar-refractivity contribution in [1.82, 2.24) is 0 Å². The van der Waals surface area contributed by atoms with Gasteiger partial charge in [0.15, 0.2) is 0 Å². The molecule has 0 aromatic carbocycles. The maximum atomic E-state index is 10.2. The molecule has 0 amide bonds. The maximum absolute atomic E-state index is 10.2. The maximum Gasteiger partial charge on any atom is 0.469 e. The molecule has 0 heterocycles. The fourth-order valence-electron chi connectivity index (χ4n) is 0.909. The lowest BCUT2D eigenvalue weighted by Gasteiger charge is -2.05. The van der Waals surface area contributed by atoms with Crippen molar-refractivity contribution in [3.8, 4) is 0 Å². The lowest BCUT2D eigenvalue weighted by Crippen LogP contribution is -2.04. The summed E-state index contributed by atoms with van der Waals surface area (Å²) in [5, 5.41) is 7.42. The summed E-state index contributed by atoms with van der Waals surface area (Å²) >= 11 is 0. The van der Waals surface area contributed by atoms with Gasteiger partial charge in [-0.25, -0.2) is 4.57 Å². The molecule has 0 aromatic heterocycles. The third kappa shape index (κ3) is 9.83. The van der Waals surface area contributed by atoms with Crippen LogP contribution in [-0.2, 0) is 9.09 Å². The van der Waals surface area contributed by atoms with Crippen LogP contribution in [0.1, 0.15) is 25.7 Å². The Morgan fingerprint density at radius 3 is 2.43 bits per heavy atom. The largest absolute Gasteiger partial charge is 0.469 e. The monoisotopic (exact) mass is 224 g/mol. The molecule has 0 atom stereocenters. The van der Waals surface area contributed by atoms with E-state index in [0.717, 1.165) is 6.42 Å². The van der Waals surface area contributed by atoms with Crippen LogP contribution in [-0.4, -0.2) is 28.7 Å². The fourth-order valence-corrected chi connectivity index (χ4v) is 1.28. The molecular weight excluding hydrogens is 207 g/mol. The first-order valence-electron chi connectivity index (χ1n) is 4.42. The topological polar surface area (TPSA) is 117 Å². The van der Waals surface area contributed by atoms with Crippen LogP contribution in [0.25, 0.3) is 0 Å². The van der Waals surface area contributed by atoms with Gasteiger partial charge >= 0.3 is 7.82 Å². The lowest BCUT2D eigenvalue weighted by atomic mass is 10.1. The van der Waals surface area contributed by atoms with Gasteiger partial charge in [0.05, 0.1) is 6.61 Å². The molecular formula is C7H17N2O4P. The van der Waals surface area contributed by atoms with Crippen molar-refractivity contribution in [2.75, 3.05) is 13.2 Å². The smallest absolute Gasteiger partial charge is 0.330 e. The Morgan fingerprint density at radius 1 is 1.36 bits per heavy atom. The highest BCUT2D eigenvalue weighted by atomic mass is 31.2. The van der Waals surface area contributed by atoms with Crippen molar-refractivity contribution >= 4 is 13.5 Å². The summed E-state index contributed by atoms with van der Waals surface area (Å²) in [5.41, 5.74) is 5.81. The van der Waals surface area contributed by atoms with E-state index in [2.05, 4.69) is 4.52 Å². The third-order valence-electron chi connectivity index (χ3n) is 1.57. The first-order chi connectivity index (χ1) is 6.45. The Bertz CT molecular complexity index is 216. The van der Waals surface area contributed by atoms with E-state index >= 15 is 0 Å². The van der Waals surface area contributed by atoms with E-state index in [0.29, 0.717) is 31.5 Å². The summed E-state index contributed by atoms with van der Waals surface area (Å²) in [7, 11) is -4.34. The van der Waals surface area contributed by atoms with Gasteiger partial charge in [0, 0.05) is 5.71 Å². The molecule has 6 nitrogen and oxygen atoms in total. The van der Waals surface area contributed by atoms with Gasteiger partial charge < -0.3 is 20.9 Å². The van der Waals surface area contributed by atoms with Gasteiger partial charge in [-0.05, 0) is 32.2 Å². The molecule has 0 spiro atoms. The second kappa shape index (κ2) is 7.09. The van der Waals surface area contributed by atoms with Gasteiger partial charge in [0.1, 0.15) is 0 Å². The van der Waals surface area contributed by atoms with Crippen molar-refractivity contribution in [1.29, 1.82) is 5.41 Å². The molecule has 0 bridgehead atoms. The normalized spacial score (nSPS) is 11.6. The molecule has 7 heteroatoms. The van der Waals surface area contributed by atoms with E-state index in [1.165, 1.54) is 0 Å². The van der Waals surface area contributed by atoms with Gasteiger partial charge in [0.25, 0.3) is 0 Å². The molecule has 0 aliphatic heterocycles. The van der Waals surface area contributed by atoms with Crippen molar-refractivity contribution < 1.29 is 18.9 Å². The summed E-state index contributed by atoms with van der Waals surface area (Å²) in [6, 6.07) is 0. The van der Waals surface area contributed by atoms with Crippen LogP contribution >= 0.6 is 7.82 Å². The minimum absolute atomic E-state index is 0.0186. The Hall–Kier alpha value is -0.260. The number of nitrogens with one attached hydrogen (secondary N) is 1. The minimum atomic E-state index is -4.34. The molecule has 5 N–H and O–H groups in total. The van der Waals surface area contributed by atoms with Gasteiger partial charge in [-0.1, -0.05) is 0 Å². The van der Waals surface area contributed by atoms with E-state index in [9.17, 15) is 4.57 Å². The number of nitrogens with two attached hydrogens (primary N) is 1. The first kappa shape index (κ1) is 13.7. The predicted octanol–water partition coefficient (Wildman–Crippen LogP) is 0.635. The average Bonchev–Trinajstić information content (AvgIpc) is 2.07. The number of hydrogen-bond acceptors (Lipinski definition) is 4. The van der Waals surface area contributed by atoms with Gasteiger partial charge in [0.2, 0.25) is 0 Å². The molecule has 0 saturated carbocycles. The number of phosphoric ester groups is 1. The van der Waals surface area contributed by atoms with Gasteiger partial charge in [-0.15, -0.1) is 0 Å². The van der Waals surface area contributed by atoms with Crippen molar-refractivity contribution in [3.63, 3.8) is 0 Å². The Kier molecular flexibility index (Phi) is 6.96. The lowest BCUT2D eigenvalue weighted by molar-refractivity contribution is 0.196. The summed E-state index contributed by atoms with van der Waals surface area (Å²) < 4.78 is 14.5. The first-order valence-corrected chi connectivity index (χ1v) is 5.95. The van der Waals surface area contributed by atoms with Crippen molar-refractivity contribution in [2.24, 2.45) is 5.73 Å². The predicted molar refractivity (Wildman–Crippen MR) is 53.2 cm³/mol. The Morgan fingerprint density at radius 2 is 1.93 bits per heavy atom. The zero-order valence-electron chi connectivity index (χ0n) is 7.98. The van der Waals surface area contributed by atoms with E-state index in [-0.39, 0.29) is 6.61 Å². The second-order valence-electron chi connectivity index (χ2n) is 2.92. The van der Waals surface area contributed by atoms with Gasteiger partial charge in [-0.3, -0.25) is 4.52 Å². The van der Waals surface area contributed by atoms with Crippen molar-refractivity contribution in [3.05, 3.63) is 0 Å². The SMILES string of the molecule is N=C(CCCN)CCCOP(=O)(O)O. The summed E-state index contributed by atoms with van der Waals surface area (Å²) in [4.78, 5) is 16.7. The molecule has 0 aromatic rings. The van der Waals surface area contributed by atoms with Crippen LogP contribution in [0.4, 0.5) is 0 Å². The van der Waals surface area contributed by atoms with Crippen LogP contribution in [0.5, 0.6) is 0 Å². The highest BCUT2D eigenvalue weighted by Crippen LogP contribution is 2.35. The molecule has 0 rings (SSSR count). The second-order valence-corrected chi connectivity index (χ2v) is 4.16. The van der Waals surface area contributed by atoms with E-state index in [1.807, 2.05) is 0 Å². The Labute approximate surface area is 83.2 Å². The third-order valence-corrected chi connectivity index (χ3v) is 2.08. The molecule has 84 valence electrons. The zero-order chi connectivity index (χ0) is 11.0. The average molecular weight is 224 g/mol. The summed E-state index contributed by atoms with van der Waals surface area (Å²) in [6.07, 6.45) is 2.37. The standard InChI is InChI=1S/C7H17N2O4P/c8-5-1-3-7(9)4-2-6-13-14(10,11)12/h9H,1-6,8H2,(H2,10,11,12). The zero-order valence-corrected chi connectivity index (χ0v) is 8.87. The Balaban J connectivity index is 3.36. The van der Waals surface area contributed by atoms with Crippen LogP contribution in [0.2, 0.25) is 0 Å². The molecule has 0 fully saturated rings. The fraction of sp³-hybridized carbons (Fsp3) is 0.857. The van der Waals surface area contributed by atoms with E-state index < -0.39 is 7.82 Å². The summed E-state index contributed by atoms with van der Waals surface area (Å²) in [6.45, 7) is 0.538.